The van der Waals surface area contributed by atoms with E-state index < -0.39 is 12.1 Å². The Morgan fingerprint density at radius 1 is 1.15 bits per heavy atom. The summed E-state index contributed by atoms with van der Waals surface area (Å²) >= 11 is 0. The number of alkyl halides is 3. The Bertz CT molecular complexity index is 966. The second-order valence-electron chi connectivity index (χ2n) is 5.43. The van der Waals surface area contributed by atoms with Crippen LogP contribution >= 0.6 is 0 Å². The standard InChI is InChI=1S/C18H15F3N2O3/c1-2-25-13-7-6-12(22-10-13)11-23-9-8-15(24)14-4-3-5-16(17(14)23)26-18(19,20)21/h3-10H,2,11H2,1H3. The predicted molar refractivity (Wildman–Crippen MR) is 89.4 cm³/mol. The van der Waals surface area contributed by atoms with Gasteiger partial charge in [-0.2, -0.15) is 0 Å². The van der Waals surface area contributed by atoms with E-state index in [0.717, 1.165) is 0 Å². The third-order valence-corrected chi connectivity index (χ3v) is 3.62. The van der Waals surface area contributed by atoms with E-state index in [1.165, 1.54) is 41.2 Å². The molecule has 3 aromatic rings. The van der Waals surface area contributed by atoms with Gasteiger partial charge >= 0.3 is 6.36 Å². The van der Waals surface area contributed by atoms with E-state index in [2.05, 4.69) is 9.72 Å². The molecule has 0 spiro atoms. The number of halogens is 3. The van der Waals surface area contributed by atoms with Gasteiger partial charge in [0.2, 0.25) is 0 Å². The van der Waals surface area contributed by atoms with Gasteiger partial charge in [-0.05, 0) is 31.2 Å². The number of fused-ring (bicyclic) bond motifs is 1. The molecule has 0 aliphatic carbocycles. The number of nitrogens with zero attached hydrogens (tertiary/aromatic N) is 2. The van der Waals surface area contributed by atoms with Crippen LogP contribution in [0.1, 0.15) is 12.6 Å². The lowest BCUT2D eigenvalue weighted by Gasteiger charge is -2.16. The highest BCUT2D eigenvalue weighted by Crippen LogP contribution is 2.29. The molecule has 2 aromatic heterocycles. The summed E-state index contributed by atoms with van der Waals surface area (Å²) in [7, 11) is 0. The Morgan fingerprint density at radius 3 is 2.62 bits per heavy atom. The van der Waals surface area contributed by atoms with Crippen molar-refractivity contribution in [2.45, 2.75) is 19.8 Å². The molecule has 2 heterocycles. The quantitative estimate of drug-likeness (QED) is 0.692. The van der Waals surface area contributed by atoms with Crippen LogP contribution in [0.15, 0.2) is 53.6 Å². The van der Waals surface area contributed by atoms with E-state index in [9.17, 15) is 18.0 Å². The first-order chi connectivity index (χ1) is 12.4. The van der Waals surface area contributed by atoms with E-state index in [1.807, 2.05) is 6.92 Å². The third-order valence-electron chi connectivity index (χ3n) is 3.62. The van der Waals surface area contributed by atoms with E-state index in [0.29, 0.717) is 18.1 Å². The number of para-hydroxylation sites is 1. The minimum Gasteiger partial charge on any atom is -0.492 e. The molecule has 0 unspecified atom stereocenters. The Morgan fingerprint density at radius 2 is 1.96 bits per heavy atom. The van der Waals surface area contributed by atoms with Gasteiger partial charge in [0.1, 0.15) is 5.75 Å². The van der Waals surface area contributed by atoms with Crippen LogP contribution in [-0.4, -0.2) is 22.5 Å². The monoisotopic (exact) mass is 364 g/mol. The summed E-state index contributed by atoms with van der Waals surface area (Å²) < 4.78 is 49.0. The number of aromatic nitrogens is 2. The molecule has 0 N–H and O–H groups in total. The number of pyridine rings is 2. The molecule has 0 saturated carbocycles. The zero-order valence-corrected chi connectivity index (χ0v) is 13.8. The van der Waals surface area contributed by atoms with Gasteiger partial charge in [-0.15, -0.1) is 13.2 Å². The van der Waals surface area contributed by atoms with E-state index in [1.54, 1.807) is 12.1 Å². The molecule has 8 heteroatoms. The fourth-order valence-electron chi connectivity index (χ4n) is 2.61. The second kappa shape index (κ2) is 7.07. The maximum atomic E-state index is 12.7. The second-order valence-corrected chi connectivity index (χ2v) is 5.43. The van der Waals surface area contributed by atoms with Crippen molar-refractivity contribution in [1.29, 1.82) is 0 Å². The van der Waals surface area contributed by atoms with Gasteiger partial charge in [-0.3, -0.25) is 9.78 Å². The summed E-state index contributed by atoms with van der Waals surface area (Å²) in [5.41, 5.74) is 0.275. The summed E-state index contributed by atoms with van der Waals surface area (Å²) in [5.74, 6) is 0.167. The van der Waals surface area contributed by atoms with Crippen molar-refractivity contribution in [2.24, 2.45) is 0 Å². The molecule has 0 aliphatic heterocycles. The smallest absolute Gasteiger partial charge is 0.492 e. The van der Waals surface area contributed by atoms with Crippen molar-refractivity contribution in [2.75, 3.05) is 6.61 Å². The number of ether oxygens (including phenoxy) is 2. The van der Waals surface area contributed by atoms with Gasteiger partial charge in [0.15, 0.2) is 11.2 Å². The van der Waals surface area contributed by atoms with Gasteiger partial charge in [0.25, 0.3) is 0 Å². The van der Waals surface area contributed by atoms with Gasteiger partial charge < -0.3 is 14.0 Å². The van der Waals surface area contributed by atoms with E-state index in [-0.39, 0.29) is 22.9 Å². The van der Waals surface area contributed by atoms with Crippen LogP contribution < -0.4 is 14.9 Å². The molecule has 1 aromatic carbocycles. The van der Waals surface area contributed by atoms with Crippen LogP contribution in [0.2, 0.25) is 0 Å². The van der Waals surface area contributed by atoms with Crippen LogP contribution in [0.4, 0.5) is 13.2 Å². The SMILES string of the molecule is CCOc1ccc(Cn2ccc(=O)c3cccc(OC(F)(F)F)c32)nc1. The Hall–Kier alpha value is -3.03. The molecule has 0 fully saturated rings. The molecule has 0 aliphatic rings. The van der Waals surface area contributed by atoms with Crippen molar-refractivity contribution in [1.82, 2.24) is 9.55 Å². The first-order valence-electron chi connectivity index (χ1n) is 7.83. The van der Waals surface area contributed by atoms with Crippen LogP contribution in [0.5, 0.6) is 11.5 Å². The van der Waals surface area contributed by atoms with Gasteiger partial charge in [0.05, 0.1) is 30.6 Å². The van der Waals surface area contributed by atoms with Crippen molar-refractivity contribution >= 4 is 10.9 Å². The Balaban J connectivity index is 2.05. The molecule has 3 rings (SSSR count). The number of benzene rings is 1. The highest BCUT2D eigenvalue weighted by atomic mass is 19.4. The lowest BCUT2D eigenvalue weighted by atomic mass is 10.2. The van der Waals surface area contributed by atoms with Crippen molar-refractivity contribution in [3.63, 3.8) is 0 Å². The lowest BCUT2D eigenvalue weighted by Crippen LogP contribution is -2.19. The number of rotatable bonds is 5. The maximum absolute atomic E-state index is 12.7. The van der Waals surface area contributed by atoms with Crippen LogP contribution in [0.3, 0.4) is 0 Å². The molecule has 0 bridgehead atoms. The molecule has 0 saturated heterocycles. The van der Waals surface area contributed by atoms with Gasteiger partial charge in [-0.25, -0.2) is 0 Å². The first kappa shape index (κ1) is 17.8. The van der Waals surface area contributed by atoms with Gasteiger partial charge in [-0.1, -0.05) is 6.07 Å². The van der Waals surface area contributed by atoms with Crippen LogP contribution in [0, 0.1) is 0 Å². The minimum atomic E-state index is -4.86. The van der Waals surface area contributed by atoms with Crippen molar-refractivity contribution in [3.8, 4) is 11.5 Å². The number of hydrogen-bond acceptors (Lipinski definition) is 4. The molecular formula is C18H15F3N2O3. The Labute approximate surface area is 146 Å². The predicted octanol–water partition coefficient (Wildman–Crippen LogP) is 3.74. The summed E-state index contributed by atoms with van der Waals surface area (Å²) in [5, 5.41) is 0.139. The summed E-state index contributed by atoms with van der Waals surface area (Å²) in [6.07, 6.45) is -1.90. The highest BCUT2D eigenvalue weighted by Gasteiger charge is 2.32. The summed E-state index contributed by atoms with van der Waals surface area (Å²) in [6.45, 7) is 2.52. The zero-order chi connectivity index (χ0) is 18.7. The molecule has 0 amide bonds. The fourth-order valence-corrected chi connectivity index (χ4v) is 2.61. The topological polar surface area (TPSA) is 53.4 Å². The first-order valence-corrected chi connectivity index (χ1v) is 7.83. The Kier molecular flexibility index (Phi) is 4.83. The van der Waals surface area contributed by atoms with E-state index in [4.69, 9.17) is 4.74 Å². The molecular weight excluding hydrogens is 349 g/mol. The molecule has 5 nitrogen and oxygen atoms in total. The fraction of sp³-hybridized carbons (Fsp3) is 0.222. The summed E-state index contributed by atoms with van der Waals surface area (Å²) in [4.78, 5) is 16.3. The average Bonchev–Trinajstić information content (AvgIpc) is 2.58. The molecule has 136 valence electrons. The van der Waals surface area contributed by atoms with Crippen LogP contribution in [-0.2, 0) is 6.54 Å². The third kappa shape index (κ3) is 3.96. The van der Waals surface area contributed by atoms with Crippen molar-refractivity contribution in [3.05, 3.63) is 64.7 Å². The molecule has 26 heavy (non-hydrogen) atoms. The maximum Gasteiger partial charge on any atom is 0.573 e. The van der Waals surface area contributed by atoms with Crippen LogP contribution in [0.25, 0.3) is 10.9 Å². The normalized spacial score (nSPS) is 11.5. The largest absolute Gasteiger partial charge is 0.573 e. The lowest BCUT2D eigenvalue weighted by molar-refractivity contribution is -0.274. The number of hydrogen-bond donors (Lipinski definition) is 0. The highest BCUT2D eigenvalue weighted by molar-refractivity contribution is 5.84. The van der Waals surface area contributed by atoms with Crippen molar-refractivity contribution < 1.29 is 22.6 Å². The summed E-state index contributed by atoms with van der Waals surface area (Å²) in [6, 6.07) is 8.73. The minimum absolute atomic E-state index is 0.0630. The average molecular weight is 364 g/mol. The van der Waals surface area contributed by atoms with E-state index >= 15 is 0 Å². The van der Waals surface area contributed by atoms with Gasteiger partial charge in [0, 0.05) is 17.6 Å². The zero-order valence-electron chi connectivity index (χ0n) is 13.8. The molecule has 0 atom stereocenters. The molecule has 0 radical (unpaired) electrons.